The summed E-state index contributed by atoms with van der Waals surface area (Å²) < 4.78 is 0. The van der Waals surface area contributed by atoms with Gasteiger partial charge in [-0.15, -0.1) is 6.58 Å². The van der Waals surface area contributed by atoms with Crippen molar-refractivity contribution in [1.29, 1.82) is 0 Å². The lowest BCUT2D eigenvalue weighted by molar-refractivity contribution is 1.34. The Morgan fingerprint density at radius 2 is 2.17 bits per heavy atom. The molecule has 1 rings (SSSR count). The molecule has 1 N–H and O–H groups in total. The summed E-state index contributed by atoms with van der Waals surface area (Å²) in [6.07, 6.45) is 1.76. The topological polar surface area (TPSA) is 12.0 Å². The monoisotopic (exact) mass is 201 g/mol. The van der Waals surface area contributed by atoms with Gasteiger partial charge in [0.1, 0.15) is 0 Å². The van der Waals surface area contributed by atoms with Gasteiger partial charge in [0.2, 0.25) is 0 Å². The number of rotatable bonds is 3. The first-order valence-electron chi connectivity index (χ1n) is 3.54. The molecule has 64 valence electrons. The van der Waals surface area contributed by atoms with E-state index >= 15 is 0 Å². The fourth-order valence-corrected chi connectivity index (χ4v) is 1.17. The summed E-state index contributed by atoms with van der Waals surface area (Å²) in [5.74, 6) is 0. The molecule has 0 atom stereocenters. The zero-order valence-electron chi connectivity index (χ0n) is 6.48. The van der Waals surface area contributed by atoms with Crippen molar-refractivity contribution in [2.75, 3.05) is 11.9 Å². The van der Waals surface area contributed by atoms with Gasteiger partial charge in [0, 0.05) is 11.6 Å². The first-order valence-corrected chi connectivity index (χ1v) is 4.29. The number of benzene rings is 1. The number of anilines is 1. The van der Waals surface area contributed by atoms with Gasteiger partial charge < -0.3 is 5.32 Å². The van der Waals surface area contributed by atoms with E-state index in [1.807, 2.05) is 0 Å². The van der Waals surface area contributed by atoms with Gasteiger partial charge in [-0.25, -0.2) is 0 Å². The van der Waals surface area contributed by atoms with Gasteiger partial charge in [-0.2, -0.15) is 0 Å². The molecule has 0 bridgehead atoms. The Hall–Kier alpha value is -0.660. The third kappa shape index (κ3) is 2.43. The summed E-state index contributed by atoms with van der Waals surface area (Å²) in [5, 5.41) is 4.41. The van der Waals surface area contributed by atoms with Crippen LogP contribution in [0, 0.1) is 0 Å². The van der Waals surface area contributed by atoms with Gasteiger partial charge in [0.15, 0.2) is 0 Å². The molecule has 3 heteroatoms. The largest absolute Gasteiger partial charge is 0.380 e. The molecular weight excluding hydrogens is 193 g/mol. The van der Waals surface area contributed by atoms with Crippen LogP contribution in [-0.2, 0) is 0 Å². The van der Waals surface area contributed by atoms with E-state index in [0.717, 1.165) is 5.69 Å². The second kappa shape index (κ2) is 4.39. The van der Waals surface area contributed by atoms with E-state index in [-0.39, 0.29) is 0 Å². The van der Waals surface area contributed by atoms with Crippen LogP contribution >= 0.6 is 23.2 Å². The minimum absolute atomic E-state index is 0.668. The molecule has 0 saturated carbocycles. The number of halogens is 2. The second-order valence-corrected chi connectivity index (χ2v) is 3.14. The standard InChI is InChI=1S/C9H9Cl2N/c1-2-5-12-9-6-7(10)3-4-8(9)11/h2-4,6,12H,1,5H2. The molecule has 12 heavy (non-hydrogen) atoms. The minimum Gasteiger partial charge on any atom is -0.380 e. The fourth-order valence-electron chi connectivity index (χ4n) is 0.815. The summed E-state index contributed by atoms with van der Waals surface area (Å²) in [5.41, 5.74) is 0.837. The highest BCUT2D eigenvalue weighted by molar-refractivity contribution is 6.35. The van der Waals surface area contributed by atoms with E-state index in [1.54, 1.807) is 24.3 Å². The predicted octanol–water partition coefficient (Wildman–Crippen LogP) is 3.59. The van der Waals surface area contributed by atoms with Crippen molar-refractivity contribution in [3.05, 3.63) is 40.9 Å². The summed E-state index contributed by atoms with van der Waals surface area (Å²) >= 11 is 11.6. The Morgan fingerprint density at radius 3 is 2.83 bits per heavy atom. The molecular formula is C9H9Cl2N. The van der Waals surface area contributed by atoms with E-state index in [0.29, 0.717) is 16.6 Å². The van der Waals surface area contributed by atoms with Crippen LogP contribution in [0.25, 0.3) is 0 Å². The Morgan fingerprint density at radius 1 is 1.42 bits per heavy atom. The first kappa shape index (κ1) is 9.43. The molecule has 0 saturated heterocycles. The summed E-state index contributed by atoms with van der Waals surface area (Å²) in [6.45, 7) is 4.27. The van der Waals surface area contributed by atoms with Gasteiger partial charge >= 0.3 is 0 Å². The molecule has 1 aromatic carbocycles. The molecule has 0 aliphatic heterocycles. The highest BCUT2D eigenvalue weighted by atomic mass is 35.5. The van der Waals surface area contributed by atoms with Gasteiger partial charge in [0.25, 0.3) is 0 Å². The maximum Gasteiger partial charge on any atom is 0.0638 e. The molecule has 0 fully saturated rings. The van der Waals surface area contributed by atoms with Gasteiger partial charge in [-0.3, -0.25) is 0 Å². The van der Waals surface area contributed by atoms with E-state index in [1.165, 1.54) is 0 Å². The summed E-state index contributed by atoms with van der Waals surface area (Å²) in [4.78, 5) is 0. The average molecular weight is 202 g/mol. The van der Waals surface area contributed by atoms with Gasteiger partial charge in [0.05, 0.1) is 10.7 Å². The van der Waals surface area contributed by atoms with Crippen LogP contribution in [0.3, 0.4) is 0 Å². The molecule has 1 nitrogen and oxygen atoms in total. The third-order valence-electron chi connectivity index (χ3n) is 1.37. The third-order valence-corrected chi connectivity index (χ3v) is 1.93. The van der Waals surface area contributed by atoms with Crippen molar-refractivity contribution >= 4 is 28.9 Å². The Bertz CT molecular complexity index is 284. The molecule has 0 spiro atoms. The number of nitrogens with one attached hydrogen (secondary N) is 1. The van der Waals surface area contributed by atoms with E-state index in [9.17, 15) is 0 Å². The van der Waals surface area contributed by atoms with Gasteiger partial charge in [-0.1, -0.05) is 29.3 Å². The Kier molecular flexibility index (Phi) is 3.45. The Balaban J connectivity index is 2.82. The highest BCUT2D eigenvalue weighted by Crippen LogP contribution is 2.24. The minimum atomic E-state index is 0.668. The first-order chi connectivity index (χ1) is 5.74. The number of hydrogen-bond donors (Lipinski definition) is 1. The SMILES string of the molecule is C=CCNc1cc(Cl)ccc1Cl. The lowest BCUT2D eigenvalue weighted by Crippen LogP contribution is -1.97. The summed E-state index contributed by atoms with van der Waals surface area (Å²) in [7, 11) is 0. The zero-order valence-corrected chi connectivity index (χ0v) is 7.99. The van der Waals surface area contributed by atoms with Crippen LogP contribution in [0.5, 0.6) is 0 Å². The molecule has 0 radical (unpaired) electrons. The molecule has 1 aromatic rings. The van der Waals surface area contributed by atoms with Gasteiger partial charge in [-0.05, 0) is 18.2 Å². The lowest BCUT2D eigenvalue weighted by atomic mass is 10.3. The van der Waals surface area contributed by atoms with E-state index in [2.05, 4.69) is 11.9 Å². The summed E-state index contributed by atoms with van der Waals surface area (Å²) in [6, 6.07) is 5.30. The van der Waals surface area contributed by atoms with Crippen LogP contribution < -0.4 is 5.32 Å². The normalized spacial score (nSPS) is 9.50. The number of hydrogen-bond acceptors (Lipinski definition) is 1. The van der Waals surface area contributed by atoms with E-state index in [4.69, 9.17) is 23.2 Å². The molecule has 0 unspecified atom stereocenters. The second-order valence-electron chi connectivity index (χ2n) is 2.29. The molecule has 0 aliphatic rings. The van der Waals surface area contributed by atoms with Crippen LogP contribution in [-0.4, -0.2) is 6.54 Å². The van der Waals surface area contributed by atoms with Crippen LogP contribution in [0.1, 0.15) is 0 Å². The van der Waals surface area contributed by atoms with Crippen LogP contribution in [0.2, 0.25) is 10.0 Å². The average Bonchev–Trinajstić information content (AvgIpc) is 2.07. The predicted molar refractivity (Wildman–Crippen MR) is 55.1 cm³/mol. The smallest absolute Gasteiger partial charge is 0.0638 e. The van der Waals surface area contributed by atoms with Crippen LogP contribution in [0.15, 0.2) is 30.9 Å². The quantitative estimate of drug-likeness (QED) is 0.738. The van der Waals surface area contributed by atoms with Crippen molar-refractivity contribution in [2.24, 2.45) is 0 Å². The Labute approximate surface area is 82.0 Å². The molecule has 0 heterocycles. The van der Waals surface area contributed by atoms with Crippen LogP contribution in [0.4, 0.5) is 5.69 Å². The maximum atomic E-state index is 5.88. The van der Waals surface area contributed by atoms with Crippen molar-refractivity contribution < 1.29 is 0 Å². The van der Waals surface area contributed by atoms with Crippen molar-refractivity contribution in [3.63, 3.8) is 0 Å². The van der Waals surface area contributed by atoms with E-state index < -0.39 is 0 Å². The molecule has 0 aliphatic carbocycles. The lowest BCUT2D eigenvalue weighted by Gasteiger charge is -2.05. The van der Waals surface area contributed by atoms with Crippen molar-refractivity contribution in [2.45, 2.75) is 0 Å². The highest BCUT2D eigenvalue weighted by Gasteiger charge is 1.98. The van der Waals surface area contributed by atoms with Crippen molar-refractivity contribution in [1.82, 2.24) is 0 Å². The maximum absolute atomic E-state index is 5.88. The molecule has 0 aromatic heterocycles. The zero-order chi connectivity index (χ0) is 8.97. The van der Waals surface area contributed by atoms with Crippen molar-refractivity contribution in [3.8, 4) is 0 Å². The fraction of sp³-hybridized carbons (Fsp3) is 0.111. The molecule has 0 amide bonds.